The zero-order valence-electron chi connectivity index (χ0n) is 13.2. The van der Waals surface area contributed by atoms with E-state index in [1.54, 1.807) is 6.33 Å². The first-order valence-corrected chi connectivity index (χ1v) is 7.74. The van der Waals surface area contributed by atoms with Crippen molar-refractivity contribution in [3.63, 3.8) is 0 Å². The maximum atomic E-state index is 4.75. The van der Waals surface area contributed by atoms with Crippen LogP contribution in [0.25, 0.3) is 11.3 Å². The van der Waals surface area contributed by atoms with E-state index in [1.807, 2.05) is 32.2 Å². The highest BCUT2D eigenvalue weighted by molar-refractivity contribution is 5.62. The monoisotopic (exact) mass is 306 g/mol. The van der Waals surface area contributed by atoms with Gasteiger partial charge in [0.05, 0.1) is 30.0 Å². The van der Waals surface area contributed by atoms with Crippen LogP contribution in [0.4, 0.5) is 5.95 Å². The van der Waals surface area contributed by atoms with E-state index < -0.39 is 0 Å². The van der Waals surface area contributed by atoms with Crippen LogP contribution in [-0.4, -0.2) is 31.5 Å². The van der Waals surface area contributed by atoms with Crippen LogP contribution >= 0.6 is 0 Å². The number of aromatic nitrogens is 5. The predicted molar refractivity (Wildman–Crippen MR) is 88.1 cm³/mol. The lowest BCUT2D eigenvalue weighted by atomic mass is 10.1. The highest BCUT2D eigenvalue weighted by Crippen LogP contribution is 2.24. The minimum Gasteiger partial charge on any atom is -0.347 e. The van der Waals surface area contributed by atoms with Crippen molar-refractivity contribution >= 4 is 5.95 Å². The fourth-order valence-corrected chi connectivity index (χ4v) is 2.99. The topological polar surface area (TPSA) is 70.6 Å². The van der Waals surface area contributed by atoms with E-state index in [4.69, 9.17) is 4.98 Å². The van der Waals surface area contributed by atoms with Crippen LogP contribution in [0.2, 0.25) is 0 Å². The number of fused-ring (bicyclic) bond motifs is 1. The number of anilines is 1. The van der Waals surface area contributed by atoms with Crippen LogP contribution in [0.15, 0.2) is 30.7 Å². The number of hydrogen-bond acceptors (Lipinski definition) is 5. The Kier molecular flexibility index (Phi) is 3.29. The Hall–Kier alpha value is -2.76. The Balaban J connectivity index is 1.67. The second-order valence-electron chi connectivity index (χ2n) is 5.83. The summed E-state index contributed by atoms with van der Waals surface area (Å²) in [4.78, 5) is 23.5. The van der Waals surface area contributed by atoms with Crippen LogP contribution < -0.4 is 4.90 Å². The summed E-state index contributed by atoms with van der Waals surface area (Å²) in [6.45, 7) is 5.66. The third kappa shape index (κ3) is 2.56. The van der Waals surface area contributed by atoms with Crippen molar-refractivity contribution in [2.24, 2.45) is 0 Å². The van der Waals surface area contributed by atoms with Crippen molar-refractivity contribution in [3.05, 3.63) is 53.5 Å². The number of pyridine rings is 1. The SMILES string of the molecule is Cc1ccc(-c2ccnc(N3CCc4nc[nH]c4C3)n2)c(C)n1. The first kappa shape index (κ1) is 13.9. The number of nitrogens with zero attached hydrogens (tertiary/aromatic N) is 5. The second kappa shape index (κ2) is 5.46. The molecule has 6 nitrogen and oxygen atoms in total. The molecule has 3 aromatic heterocycles. The maximum absolute atomic E-state index is 4.75. The third-order valence-corrected chi connectivity index (χ3v) is 4.20. The van der Waals surface area contributed by atoms with Crippen molar-refractivity contribution < 1.29 is 0 Å². The summed E-state index contributed by atoms with van der Waals surface area (Å²) in [6, 6.07) is 6.03. The van der Waals surface area contributed by atoms with Gasteiger partial charge in [0.15, 0.2) is 0 Å². The zero-order chi connectivity index (χ0) is 15.8. The molecule has 4 heterocycles. The van der Waals surface area contributed by atoms with E-state index in [1.165, 1.54) is 0 Å². The summed E-state index contributed by atoms with van der Waals surface area (Å²) in [5, 5.41) is 0. The lowest BCUT2D eigenvalue weighted by Crippen LogP contribution is -2.31. The molecule has 1 aliphatic rings. The van der Waals surface area contributed by atoms with Crippen molar-refractivity contribution in [2.45, 2.75) is 26.8 Å². The molecule has 0 atom stereocenters. The molecule has 4 rings (SSSR count). The van der Waals surface area contributed by atoms with Crippen molar-refractivity contribution in [2.75, 3.05) is 11.4 Å². The molecule has 0 unspecified atom stereocenters. The Labute approximate surface area is 134 Å². The zero-order valence-corrected chi connectivity index (χ0v) is 13.2. The summed E-state index contributed by atoms with van der Waals surface area (Å²) in [7, 11) is 0. The Bertz CT molecular complexity index is 854. The molecule has 6 heteroatoms. The van der Waals surface area contributed by atoms with Crippen molar-refractivity contribution in [3.8, 4) is 11.3 Å². The van der Waals surface area contributed by atoms with Crippen LogP contribution in [0.5, 0.6) is 0 Å². The van der Waals surface area contributed by atoms with Gasteiger partial charge < -0.3 is 9.88 Å². The summed E-state index contributed by atoms with van der Waals surface area (Å²) in [5.74, 6) is 0.753. The van der Waals surface area contributed by atoms with Crippen molar-refractivity contribution in [1.29, 1.82) is 0 Å². The van der Waals surface area contributed by atoms with Gasteiger partial charge in [-0.3, -0.25) is 4.98 Å². The lowest BCUT2D eigenvalue weighted by molar-refractivity contribution is 0.690. The fraction of sp³-hybridized carbons (Fsp3) is 0.294. The quantitative estimate of drug-likeness (QED) is 0.787. The summed E-state index contributed by atoms with van der Waals surface area (Å²) in [6.07, 6.45) is 4.49. The van der Waals surface area contributed by atoms with Gasteiger partial charge in [-0.25, -0.2) is 15.0 Å². The average molecular weight is 306 g/mol. The number of hydrogen-bond donors (Lipinski definition) is 1. The molecule has 0 saturated carbocycles. The summed E-state index contributed by atoms with van der Waals surface area (Å²) in [5.41, 5.74) is 6.27. The van der Waals surface area contributed by atoms with E-state index in [9.17, 15) is 0 Å². The molecule has 0 radical (unpaired) electrons. The van der Waals surface area contributed by atoms with E-state index in [-0.39, 0.29) is 0 Å². The molecule has 0 saturated heterocycles. The number of aromatic amines is 1. The first-order chi connectivity index (χ1) is 11.2. The van der Waals surface area contributed by atoms with Gasteiger partial charge in [-0.2, -0.15) is 0 Å². The highest BCUT2D eigenvalue weighted by atomic mass is 15.3. The van der Waals surface area contributed by atoms with Gasteiger partial charge in [0.25, 0.3) is 0 Å². The number of H-pyrrole nitrogens is 1. The Morgan fingerprint density at radius 1 is 1.09 bits per heavy atom. The molecule has 1 N–H and O–H groups in total. The fourth-order valence-electron chi connectivity index (χ4n) is 2.99. The molecule has 1 aliphatic heterocycles. The number of imidazole rings is 1. The predicted octanol–water partition coefficient (Wildman–Crippen LogP) is 2.44. The van der Waals surface area contributed by atoms with E-state index in [2.05, 4.69) is 30.9 Å². The number of rotatable bonds is 2. The van der Waals surface area contributed by atoms with Crippen LogP contribution in [0.1, 0.15) is 22.8 Å². The van der Waals surface area contributed by atoms with Gasteiger partial charge in [-0.15, -0.1) is 0 Å². The standard InChI is InChI=1S/C17H18N6/c1-11-3-4-13(12(2)21-11)14-5-7-18-17(22-14)23-8-6-15-16(9-23)20-10-19-15/h3-5,7,10H,6,8-9H2,1-2H3,(H,19,20). The first-order valence-electron chi connectivity index (χ1n) is 7.74. The van der Waals surface area contributed by atoms with Gasteiger partial charge in [0.2, 0.25) is 5.95 Å². The van der Waals surface area contributed by atoms with Crippen LogP contribution in [-0.2, 0) is 13.0 Å². The lowest BCUT2D eigenvalue weighted by Gasteiger charge is -2.26. The Morgan fingerprint density at radius 2 is 2.00 bits per heavy atom. The highest BCUT2D eigenvalue weighted by Gasteiger charge is 2.20. The summed E-state index contributed by atoms with van der Waals surface area (Å²) < 4.78 is 0. The molecule has 3 aromatic rings. The molecule has 0 aromatic carbocycles. The molecule has 0 amide bonds. The van der Waals surface area contributed by atoms with Gasteiger partial charge in [0.1, 0.15) is 0 Å². The molecule has 0 fully saturated rings. The third-order valence-electron chi connectivity index (χ3n) is 4.20. The van der Waals surface area contributed by atoms with Gasteiger partial charge in [0, 0.05) is 36.1 Å². The molecule has 0 spiro atoms. The number of nitrogens with one attached hydrogen (secondary N) is 1. The molecule has 0 aliphatic carbocycles. The molecule has 0 bridgehead atoms. The Morgan fingerprint density at radius 3 is 2.87 bits per heavy atom. The summed E-state index contributed by atoms with van der Waals surface area (Å²) >= 11 is 0. The normalized spacial score (nSPS) is 13.9. The smallest absolute Gasteiger partial charge is 0.226 e. The van der Waals surface area contributed by atoms with Gasteiger partial charge in [-0.05, 0) is 32.0 Å². The largest absolute Gasteiger partial charge is 0.347 e. The van der Waals surface area contributed by atoms with Crippen LogP contribution in [0, 0.1) is 13.8 Å². The van der Waals surface area contributed by atoms with Crippen molar-refractivity contribution in [1.82, 2.24) is 24.9 Å². The minimum absolute atomic E-state index is 0.753. The maximum Gasteiger partial charge on any atom is 0.226 e. The molecular formula is C17H18N6. The van der Waals surface area contributed by atoms with Gasteiger partial charge >= 0.3 is 0 Å². The second-order valence-corrected chi connectivity index (χ2v) is 5.83. The molecule has 116 valence electrons. The average Bonchev–Trinajstić information content (AvgIpc) is 3.02. The van der Waals surface area contributed by atoms with Crippen LogP contribution in [0.3, 0.4) is 0 Å². The van der Waals surface area contributed by atoms with E-state index in [0.717, 1.165) is 59.5 Å². The van der Waals surface area contributed by atoms with E-state index >= 15 is 0 Å². The minimum atomic E-state index is 0.753. The van der Waals surface area contributed by atoms with Gasteiger partial charge in [-0.1, -0.05) is 0 Å². The number of aryl methyl sites for hydroxylation is 2. The van der Waals surface area contributed by atoms with E-state index in [0.29, 0.717) is 0 Å². The molecular weight excluding hydrogens is 288 g/mol. The molecule has 23 heavy (non-hydrogen) atoms.